The average Bonchev–Trinajstić information content (AvgIpc) is 3.06. The number of thioether (sulfide) groups is 1. The van der Waals surface area contributed by atoms with E-state index in [2.05, 4.69) is 32.0 Å². The van der Waals surface area contributed by atoms with Gasteiger partial charge in [0.25, 0.3) is 0 Å². The van der Waals surface area contributed by atoms with Gasteiger partial charge < -0.3 is 9.88 Å². The van der Waals surface area contributed by atoms with Crippen LogP contribution in [0.15, 0.2) is 60.0 Å². The number of hydrogen-bond acceptors (Lipinski definition) is 5. The summed E-state index contributed by atoms with van der Waals surface area (Å²) in [6.45, 7) is 4.77. The highest BCUT2D eigenvalue weighted by molar-refractivity contribution is 8.00. The maximum Gasteiger partial charge on any atom is 0.237 e. The van der Waals surface area contributed by atoms with Crippen molar-refractivity contribution in [2.24, 2.45) is 0 Å². The van der Waals surface area contributed by atoms with Gasteiger partial charge in [-0.05, 0) is 37.6 Å². The minimum Gasteiger partial charge on any atom is -0.325 e. The highest BCUT2D eigenvalue weighted by atomic mass is 32.2. The zero-order valence-electron chi connectivity index (χ0n) is 14.8. The highest BCUT2D eigenvalue weighted by Gasteiger charge is 2.20. The number of nitrogens with zero attached hydrogens (tertiary/aromatic N) is 4. The summed E-state index contributed by atoms with van der Waals surface area (Å²) in [6, 6.07) is 13.3. The van der Waals surface area contributed by atoms with Crippen LogP contribution in [0.5, 0.6) is 0 Å². The van der Waals surface area contributed by atoms with Gasteiger partial charge in [-0.15, -0.1) is 10.2 Å². The smallest absolute Gasteiger partial charge is 0.237 e. The van der Waals surface area contributed by atoms with Crippen LogP contribution in [0.4, 0.5) is 5.69 Å². The summed E-state index contributed by atoms with van der Waals surface area (Å²) in [5, 5.41) is 12.0. The van der Waals surface area contributed by atoms with Gasteiger partial charge in [0.1, 0.15) is 0 Å². The lowest BCUT2D eigenvalue weighted by Crippen LogP contribution is -2.22. The van der Waals surface area contributed by atoms with Crippen molar-refractivity contribution in [3.8, 4) is 11.4 Å². The summed E-state index contributed by atoms with van der Waals surface area (Å²) in [4.78, 5) is 16.5. The zero-order valence-corrected chi connectivity index (χ0v) is 15.6. The van der Waals surface area contributed by atoms with E-state index in [1.165, 1.54) is 11.8 Å². The minimum absolute atomic E-state index is 0.0577. The molecule has 1 N–H and O–H groups in total. The molecule has 7 heteroatoms. The Bertz CT molecular complexity index is 851. The van der Waals surface area contributed by atoms with Crippen LogP contribution >= 0.6 is 11.8 Å². The van der Waals surface area contributed by atoms with E-state index in [0.717, 1.165) is 35.2 Å². The molecule has 6 nitrogen and oxygen atoms in total. The van der Waals surface area contributed by atoms with Crippen molar-refractivity contribution >= 4 is 23.4 Å². The maximum absolute atomic E-state index is 12.5. The molecule has 2 heterocycles. The van der Waals surface area contributed by atoms with E-state index in [9.17, 15) is 4.79 Å². The molecule has 0 spiro atoms. The molecule has 1 amide bonds. The Morgan fingerprint density at radius 3 is 2.58 bits per heavy atom. The van der Waals surface area contributed by atoms with Gasteiger partial charge in [0.15, 0.2) is 11.0 Å². The van der Waals surface area contributed by atoms with Gasteiger partial charge in [-0.25, -0.2) is 0 Å². The van der Waals surface area contributed by atoms with Crippen molar-refractivity contribution in [1.82, 2.24) is 19.7 Å². The summed E-state index contributed by atoms with van der Waals surface area (Å²) in [5.41, 5.74) is 1.76. The van der Waals surface area contributed by atoms with Crippen molar-refractivity contribution < 1.29 is 4.79 Å². The largest absolute Gasteiger partial charge is 0.325 e. The molecule has 0 bridgehead atoms. The van der Waals surface area contributed by atoms with Crippen LogP contribution in [0.2, 0.25) is 0 Å². The Morgan fingerprint density at radius 1 is 1.15 bits per heavy atom. The molecule has 0 aliphatic rings. The first-order chi connectivity index (χ1) is 12.7. The number of aromatic nitrogens is 4. The number of carbonyl (C=O) groups excluding carboxylic acids is 1. The van der Waals surface area contributed by atoms with Gasteiger partial charge in [0, 0.05) is 30.2 Å². The predicted molar refractivity (Wildman–Crippen MR) is 104 cm³/mol. The van der Waals surface area contributed by atoms with Crippen LogP contribution in [0.25, 0.3) is 11.4 Å². The molecule has 0 saturated carbocycles. The van der Waals surface area contributed by atoms with Gasteiger partial charge >= 0.3 is 0 Å². The molecule has 0 fully saturated rings. The normalized spacial score (nSPS) is 11.9. The van der Waals surface area contributed by atoms with Crippen LogP contribution in [-0.4, -0.2) is 30.9 Å². The van der Waals surface area contributed by atoms with Gasteiger partial charge in [-0.2, -0.15) is 0 Å². The molecule has 0 radical (unpaired) electrons. The van der Waals surface area contributed by atoms with E-state index in [1.54, 1.807) is 12.4 Å². The van der Waals surface area contributed by atoms with E-state index < -0.39 is 0 Å². The van der Waals surface area contributed by atoms with Crippen molar-refractivity contribution in [1.29, 1.82) is 0 Å². The predicted octanol–water partition coefficient (Wildman–Crippen LogP) is 3.87. The Kier molecular flexibility index (Phi) is 6.01. The van der Waals surface area contributed by atoms with Crippen LogP contribution in [-0.2, 0) is 11.3 Å². The van der Waals surface area contributed by atoms with Crippen molar-refractivity contribution in [2.75, 3.05) is 5.32 Å². The summed E-state index contributed by atoms with van der Waals surface area (Å²) in [5.74, 6) is 0.741. The van der Waals surface area contributed by atoms with E-state index in [-0.39, 0.29) is 11.2 Å². The summed E-state index contributed by atoms with van der Waals surface area (Å²) >= 11 is 1.41. The third-order valence-electron chi connectivity index (χ3n) is 3.80. The first-order valence-corrected chi connectivity index (χ1v) is 9.43. The zero-order chi connectivity index (χ0) is 18.4. The lowest BCUT2D eigenvalue weighted by Gasteiger charge is -2.13. The monoisotopic (exact) mass is 367 g/mol. The fourth-order valence-electron chi connectivity index (χ4n) is 2.49. The Hall–Kier alpha value is -2.67. The van der Waals surface area contributed by atoms with Crippen LogP contribution in [0, 0.1) is 0 Å². The molecular weight excluding hydrogens is 346 g/mol. The fourth-order valence-corrected chi connectivity index (χ4v) is 3.37. The van der Waals surface area contributed by atoms with Gasteiger partial charge in [0.05, 0.1) is 5.25 Å². The van der Waals surface area contributed by atoms with E-state index in [0.29, 0.717) is 0 Å². The SMILES string of the molecule is CCCn1c(S[C@H](C)C(=O)Nc2ccccc2)nnc1-c1ccncc1. The number of rotatable bonds is 7. The lowest BCUT2D eigenvalue weighted by atomic mass is 10.2. The lowest BCUT2D eigenvalue weighted by molar-refractivity contribution is -0.115. The molecule has 2 aromatic heterocycles. The average molecular weight is 367 g/mol. The molecule has 134 valence electrons. The summed E-state index contributed by atoms with van der Waals surface area (Å²) in [7, 11) is 0. The summed E-state index contributed by atoms with van der Waals surface area (Å²) < 4.78 is 2.06. The molecule has 3 aromatic rings. The number of carbonyl (C=O) groups is 1. The van der Waals surface area contributed by atoms with E-state index in [4.69, 9.17) is 0 Å². The van der Waals surface area contributed by atoms with Crippen molar-refractivity contribution in [3.05, 3.63) is 54.9 Å². The number of anilines is 1. The first-order valence-electron chi connectivity index (χ1n) is 8.55. The van der Waals surface area contributed by atoms with Crippen LogP contribution in [0.1, 0.15) is 20.3 Å². The molecule has 1 aromatic carbocycles. The Balaban J connectivity index is 1.76. The summed E-state index contributed by atoms with van der Waals surface area (Å²) in [6.07, 6.45) is 4.43. The second kappa shape index (κ2) is 8.62. The van der Waals surface area contributed by atoms with Gasteiger partial charge in [-0.3, -0.25) is 9.78 Å². The first kappa shape index (κ1) is 18.1. The molecule has 26 heavy (non-hydrogen) atoms. The number of benzene rings is 1. The highest BCUT2D eigenvalue weighted by Crippen LogP contribution is 2.27. The second-order valence-electron chi connectivity index (χ2n) is 5.81. The van der Waals surface area contributed by atoms with E-state index >= 15 is 0 Å². The van der Waals surface area contributed by atoms with E-state index in [1.807, 2.05) is 49.4 Å². The van der Waals surface area contributed by atoms with Crippen LogP contribution in [0.3, 0.4) is 0 Å². The van der Waals surface area contributed by atoms with Crippen LogP contribution < -0.4 is 5.32 Å². The third-order valence-corrected chi connectivity index (χ3v) is 4.88. The van der Waals surface area contributed by atoms with Crippen molar-refractivity contribution in [2.45, 2.75) is 37.2 Å². The number of amides is 1. The quantitative estimate of drug-likeness (QED) is 0.642. The molecule has 3 rings (SSSR count). The molecule has 0 aliphatic carbocycles. The molecule has 0 aliphatic heterocycles. The number of nitrogens with one attached hydrogen (secondary N) is 1. The number of pyridine rings is 1. The minimum atomic E-state index is -0.291. The third kappa shape index (κ3) is 4.29. The molecular formula is C19H21N5OS. The Morgan fingerprint density at radius 2 is 1.88 bits per heavy atom. The molecule has 0 saturated heterocycles. The standard InChI is InChI=1S/C19H21N5OS/c1-3-13-24-17(15-9-11-20-12-10-15)22-23-19(24)26-14(2)18(25)21-16-7-5-4-6-8-16/h4-12,14H,3,13H2,1-2H3,(H,21,25)/t14-/m1/s1. The topological polar surface area (TPSA) is 72.7 Å². The fraction of sp³-hybridized carbons (Fsp3) is 0.263. The van der Waals surface area contributed by atoms with Crippen molar-refractivity contribution in [3.63, 3.8) is 0 Å². The Labute approximate surface area is 157 Å². The second-order valence-corrected chi connectivity index (χ2v) is 7.12. The molecule has 1 atom stereocenters. The number of hydrogen-bond donors (Lipinski definition) is 1. The number of para-hydroxylation sites is 1. The molecule has 0 unspecified atom stereocenters. The van der Waals surface area contributed by atoms with Gasteiger partial charge in [0.2, 0.25) is 5.91 Å². The maximum atomic E-state index is 12.5. The van der Waals surface area contributed by atoms with Gasteiger partial charge in [-0.1, -0.05) is 36.9 Å².